The fraction of sp³-hybridized carbons (Fsp3) is 0.933. The SMILES string of the molecule is CN(CCCCC(C)(C)C(=O)O)CC1CCCN1C. The van der Waals surface area contributed by atoms with Crippen LogP contribution in [0.15, 0.2) is 0 Å². The fourth-order valence-corrected chi connectivity index (χ4v) is 2.72. The third-order valence-corrected chi connectivity index (χ3v) is 4.36. The highest BCUT2D eigenvalue weighted by Crippen LogP contribution is 2.23. The van der Waals surface area contributed by atoms with Gasteiger partial charge < -0.3 is 14.9 Å². The van der Waals surface area contributed by atoms with Crippen LogP contribution < -0.4 is 0 Å². The zero-order valence-electron chi connectivity index (χ0n) is 13.0. The van der Waals surface area contributed by atoms with Crippen molar-refractivity contribution in [3.63, 3.8) is 0 Å². The van der Waals surface area contributed by atoms with E-state index >= 15 is 0 Å². The van der Waals surface area contributed by atoms with Gasteiger partial charge in [0.15, 0.2) is 0 Å². The van der Waals surface area contributed by atoms with Crippen molar-refractivity contribution in [2.75, 3.05) is 33.7 Å². The Morgan fingerprint density at radius 3 is 2.63 bits per heavy atom. The highest BCUT2D eigenvalue weighted by molar-refractivity contribution is 5.73. The molecule has 0 aliphatic carbocycles. The van der Waals surface area contributed by atoms with Crippen LogP contribution in [0.4, 0.5) is 0 Å². The summed E-state index contributed by atoms with van der Waals surface area (Å²) in [6, 6.07) is 0.709. The van der Waals surface area contributed by atoms with E-state index in [2.05, 4.69) is 23.9 Å². The maximum absolute atomic E-state index is 11.0. The molecule has 1 saturated heterocycles. The van der Waals surface area contributed by atoms with E-state index in [1.807, 2.05) is 13.8 Å². The highest BCUT2D eigenvalue weighted by atomic mass is 16.4. The smallest absolute Gasteiger partial charge is 0.309 e. The van der Waals surface area contributed by atoms with Gasteiger partial charge >= 0.3 is 5.97 Å². The molecule has 1 rings (SSSR count). The summed E-state index contributed by atoms with van der Waals surface area (Å²) in [5.74, 6) is -0.687. The molecule has 1 atom stereocenters. The number of carbonyl (C=O) groups is 1. The van der Waals surface area contributed by atoms with Gasteiger partial charge in [0.25, 0.3) is 0 Å². The number of likely N-dealkylation sites (N-methyl/N-ethyl adjacent to an activating group) is 2. The molecule has 0 spiro atoms. The van der Waals surface area contributed by atoms with Gasteiger partial charge in [-0.3, -0.25) is 4.79 Å². The molecule has 1 aliphatic rings. The Morgan fingerprint density at radius 1 is 1.42 bits per heavy atom. The number of likely N-dealkylation sites (tertiary alicyclic amines) is 1. The van der Waals surface area contributed by atoms with Crippen LogP contribution in [0.5, 0.6) is 0 Å². The zero-order valence-corrected chi connectivity index (χ0v) is 13.0. The molecule has 1 aliphatic heterocycles. The molecule has 0 saturated carbocycles. The van der Waals surface area contributed by atoms with E-state index in [0.29, 0.717) is 6.04 Å². The van der Waals surface area contributed by atoms with Crippen molar-refractivity contribution in [3.8, 4) is 0 Å². The highest BCUT2D eigenvalue weighted by Gasteiger charge is 2.26. The Bertz CT molecular complexity index is 292. The van der Waals surface area contributed by atoms with Gasteiger partial charge in [-0.05, 0) is 66.7 Å². The second kappa shape index (κ2) is 7.25. The molecule has 1 fully saturated rings. The molecule has 1 N–H and O–H groups in total. The minimum atomic E-state index is -0.687. The third kappa shape index (κ3) is 5.49. The summed E-state index contributed by atoms with van der Waals surface area (Å²) in [5.41, 5.74) is -0.579. The van der Waals surface area contributed by atoms with Gasteiger partial charge in [-0.1, -0.05) is 6.42 Å². The Kier molecular flexibility index (Phi) is 6.27. The van der Waals surface area contributed by atoms with E-state index < -0.39 is 11.4 Å². The molecule has 0 bridgehead atoms. The van der Waals surface area contributed by atoms with Gasteiger partial charge in [0.2, 0.25) is 0 Å². The fourth-order valence-electron chi connectivity index (χ4n) is 2.72. The first kappa shape index (κ1) is 16.4. The maximum Gasteiger partial charge on any atom is 0.309 e. The van der Waals surface area contributed by atoms with Gasteiger partial charge in [-0.15, -0.1) is 0 Å². The Hall–Kier alpha value is -0.610. The Labute approximate surface area is 117 Å². The van der Waals surface area contributed by atoms with Gasteiger partial charge in [-0.25, -0.2) is 0 Å². The van der Waals surface area contributed by atoms with Crippen LogP contribution in [0, 0.1) is 5.41 Å². The summed E-state index contributed by atoms with van der Waals surface area (Å²) >= 11 is 0. The predicted molar refractivity (Wildman–Crippen MR) is 78.4 cm³/mol. The summed E-state index contributed by atoms with van der Waals surface area (Å²) < 4.78 is 0. The molecule has 0 aromatic rings. The van der Waals surface area contributed by atoms with E-state index in [9.17, 15) is 4.79 Å². The molecule has 1 unspecified atom stereocenters. The van der Waals surface area contributed by atoms with Crippen molar-refractivity contribution in [1.82, 2.24) is 9.80 Å². The van der Waals surface area contributed by atoms with Crippen LogP contribution in [-0.2, 0) is 4.79 Å². The van der Waals surface area contributed by atoms with Crippen molar-refractivity contribution < 1.29 is 9.90 Å². The number of hydrogen-bond donors (Lipinski definition) is 1. The van der Waals surface area contributed by atoms with E-state index in [-0.39, 0.29) is 0 Å². The lowest BCUT2D eigenvalue weighted by molar-refractivity contribution is -0.147. The van der Waals surface area contributed by atoms with Crippen LogP contribution in [0.3, 0.4) is 0 Å². The van der Waals surface area contributed by atoms with Crippen LogP contribution in [0.25, 0.3) is 0 Å². The molecule has 4 nitrogen and oxygen atoms in total. The number of aliphatic carboxylic acids is 1. The molecule has 0 radical (unpaired) electrons. The van der Waals surface area contributed by atoms with E-state index in [0.717, 1.165) is 32.4 Å². The monoisotopic (exact) mass is 270 g/mol. The predicted octanol–water partition coefficient (Wildman–Crippen LogP) is 2.29. The van der Waals surface area contributed by atoms with Crippen LogP contribution >= 0.6 is 0 Å². The first-order chi connectivity index (χ1) is 8.83. The standard InChI is InChI=1S/C15H30N2O2/c1-15(2,14(18)19)9-5-6-10-16(3)12-13-8-7-11-17(13)4/h13H,5-12H2,1-4H3,(H,18,19). The molecular weight excluding hydrogens is 240 g/mol. The molecule has 0 aromatic carbocycles. The van der Waals surface area contributed by atoms with E-state index in [1.54, 1.807) is 0 Å². The van der Waals surface area contributed by atoms with Gasteiger partial charge in [-0.2, -0.15) is 0 Å². The van der Waals surface area contributed by atoms with Gasteiger partial charge in [0, 0.05) is 12.6 Å². The molecule has 0 amide bonds. The van der Waals surface area contributed by atoms with Crippen molar-refractivity contribution in [2.24, 2.45) is 5.41 Å². The quantitative estimate of drug-likeness (QED) is 0.687. The Balaban J connectivity index is 2.13. The number of unbranched alkanes of at least 4 members (excludes halogenated alkanes) is 1. The Morgan fingerprint density at radius 2 is 2.11 bits per heavy atom. The molecule has 19 heavy (non-hydrogen) atoms. The summed E-state index contributed by atoms with van der Waals surface area (Å²) in [7, 11) is 4.38. The lowest BCUT2D eigenvalue weighted by Gasteiger charge is -2.26. The summed E-state index contributed by atoms with van der Waals surface area (Å²) in [6.45, 7) is 7.06. The number of rotatable bonds is 8. The molecule has 0 aromatic heterocycles. The second-order valence-electron chi connectivity index (χ2n) is 6.69. The average Bonchev–Trinajstić information content (AvgIpc) is 2.70. The first-order valence-corrected chi connectivity index (χ1v) is 7.45. The van der Waals surface area contributed by atoms with Crippen LogP contribution in [0.2, 0.25) is 0 Å². The lowest BCUT2D eigenvalue weighted by atomic mass is 9.87. The summed E-state index contributed by atoms with van der Waals surface area (Å²) in [6.07, 6.45) is 5.47. The van der Waals surface area contributed by atoms with Crippen molar-refractivity contribution in [2.45, 2.75) is 52.0 Å². The molecule has 1 heterocycles. The zero-order chi connectivity index (χ0) is 14.5. The summed E-state index contributed by atoms with van der Waals surface area (Å²) in [4.78, 5) is 15.8. The number of nitrogens with zero attached hydrogens (tertiary/aromatic N) is 2. The summed E-state index contributed by atoms with van der Waals surface area (Å²) in [5, 5.41) is 9.05. The maximum atomic E-state index is 11.0. The van der Waals surface area contributed by atoms with Crippen molar-refractivity contribution >= 4 is 5.97 Å². The minimum Gasteiger partial charge on any atom is -0.481 e. The number of carboxylic acid groups (broad SMARTS) is 1. The first-order valence-electron chi connectivity index (χ1n) is 7.45. The van der Waals surface area contributed by atoms with Gasteiger partial charge in [0.05, 0.1) is 5.41 Å². The molecular formula is C15H30N2O2. The number of carboxylic acids is 1. The van der Waals surface area contributed by atoms with Crippen molar-refractivity contribution in [1.29, 1.82) is 0 Å². The molecule has 4 heteroatoms. The normalized spacial score (nSPS) is 21.2. The van der Waals surface area contributed by atoms with Crippen LogP contribution in [0.1, 0.15) is 46.0 Å². The van der Waals surface area contributed by atoms with Gasteiger partial charge in [0.1, 0.15) is 0 Å². The topological polar surface area (TPSA) is 43.8 Å². The second-order valence-corrected chi connectivity index (χ2v) is 6.69. The van der Waals surface area contributed by atoms with E-state index in [4.69, 9.17) is 5.11 Å². The minimum absolute atomic E-state index is 0.579. The average molecular weight is 270 g/mol. The van der Waals surface area contributed by atoms with Crippen LogP contribution in [-0.4, -0.2) is 60.6 Å². The molecule has 112 valence electrons. The third-order valence-electron chi connectivity index (χ3n) is 4.36. The largest absolute Gasteiger partial charge is 0.481 e. The lowest BCUT2D eigenvalue weighted by Crippen LogP contribution is -2.37. The van der Waals surface area contributed by atoms with Crippen molar-refractivity contribution in [3.05, 3.63) is 0 Å². The number of hydrogen-bond acceptors (Lipinski definition) is 3. The van der Waals surface area contributed by atoms with E-state index in [1.165, 1.54) is 19.4 Å².